The highest BCUT2D eigenvalue weighted by molar-refractivity contribution is 7.99. The van der Waals surface area contributed by atoms with Gasteiger partial charge in [-0.15, -0.1) is 5.10 Å². The number of ether oxygens (including phenoxy) is 2. The minimum atomic E-state index is -0.631. The van der Waals surface area contributed by atoms with Crippen LogP contribution in [0.15, 0.2) is 114 Å². The number of tetrazole rings is 1. The molecule has 1 amide bonds. The number of aliphatic hydroxyl groups is 1. The van der Waals surface area contributed by atoms with Crippen molar-refractivity contribution in [3.63, 3.8) is 0 Å². The first-order valence-electron chi connectivity index (χ1n) is 14.0. The van der Waals surface area contributed by atoms with Crippen molar-refractivity contribution >= 4 is 23.4 Å². The van der Waals surface area contributed by atoms with Crippen molar-refractivity contribution in [1.29, 1.82) is 0 Å². The van der Waals surface area contributed by atoms with Gasteiger partial charge in [-0.25, -0.2) is 0 Å². The lowest BCUT2D eigenvalue weighted by Gasteiger charge is -2.41. The van der Waals surface area contributed by atoms with E-state index in [-0.39, 0.29) is 30.6 Å². The number of carbonyl (C=O) groups is 1. The topological polar surface area (TPSA) is 111 Å². The Balaban J connectivity index is 1.21. The third kappa shape index (κ3) is 6.68. The molecule has 4 unspecified atom stereocenters. The third-order valence-corrected chi connectivity index (χ3v) is 8.43. The van der Waals surface area contributed by atoms with Gasteiger partial charge in [-0.2, -0.15) is 4.68 Å². The van der Waals surface area contributed by atoms with E-state index in [1.165, 1.54) is 11.8 Å². The minimum absolute atomic E-state index is 0.00853. The van der Waals surface area contributed by atoms with Crippen LogP contribution in [0.5, 0.6) is 0 Å². The summed E-state index contributed by atoms with van der Waals surface area (Å²) in [6, 6.07) is 34.2. The van der Waals surface area contributed by atoms with E-state index in [0.717, 1.165) is 22.4 Å². The molecule has 1 aromatic heterocycles. The number of thioether (sulfide) groups is 1. The van der Waals surface area contributed by atoms with Crippen molar-refractivity contribution in [2.75, 3.05) is 11.1 Å². The lowest BCUT2D eigenvalue weighted by Crippen LogP contribution is -2.38. The molecule has 10 heteroatoms. The van der Waals surface area contributed by atoms with Gasteiger partial charge in [0.1, 0.15) is 0 Å². The lowest BCUT2D eigenvalue weighted by atomic mass is 9.91. The molecule has 1 aliphatic heterocycles. The van der Waals surface area contributed by atoms with Gasteiger partial charge in [0.05, 0.1) is 24.5 Å². The molecule has 2 heterocycles. The van der Waals surface area contributed by atoms with Crippen LogP contribution in [0.4, 0.5) is 5.69 Å². The Kier molecular flexibility index (Phi) is 8.90. The molecule has 0 saturated carbocycles. The molecule has 0 bridgehead atoms. The summed E-state index contributed by atoms with van der Waals surface area (Å²) in [5.74, 6) is 0.438. The monoisotopic (exact) mass is 593 g/mol. The van der Waals surface area contributed by atoms with E-state index in [9.17, 15) is 9.90 Å². The van der Waals surface area contributed by atoms with Crippen LogP contribution in [0.2, 0.25) is 0 Å². The Morgan fingerprint density at radius 3 is 2.26 bits per heavy atom. The highest BCUT2D eigenvalue weighted by atomic mass is 32.2. The molecule has 6 rings (SSSR count). The molecule has 0 radical (unpaired) electrons. The number of carbonyl (C=O) groups excluding carboxylic acids is 1. The zero-order chi connectivity index (χ0) is 29.6. The number of nitrogens with one attached hydrogen (secondary N) is 1. The second kappa shape index (κ2) is 13.3. The fourth-order valence-corrected chi connectivity index (χ4v) is 6.04. The highest BCUT2D eigenvalue weighted by Crippen LogP contribution is 2.43. The van der Waals surface area contributed by atoms with Crippen molar-refractivity contribution in [2.24, 2.45) is 5.92 Å². The van der Waals surface area contributed by atoms with Crippen LogP contribution >= 0.6 is 11.8 Å². The molecule has 5 aromatic rings. The minimum Gasteiger partial charge on any atom is -0.392 e. The average molecular weight is 594 g/mol. The quantitative estimate of drug-likeness (QED) is 0.201. The maximum atomic E-state index is 12.6. The molecular formula is C33H31N5O4S. The number of amides is 1. The van der Waals surface area contributed by atoms with Crippen LogP contribution in [0, 0.1) is 5.92 Å². The average Bonchev–Trinajstić information content (AvgIpc) is 3.54. The second-order valence-electron chi connectivity index (χ2n) is 10.3. The SMILES string of the molecule is CC1C(CSc2nnnn2-c2ccccc2)OC(c2ccc(NC(=O)c3ccccc3)cc2)OC1c1ccc(CO)cc1. The van der Waals surface area contributed by atoms with Gasteiger partial charge in [-0.3, -0.25) is 4.79 Å². The van der Waals surface area contributed by atoms with Crippen LogP contribution < -0.4 is 5.32 Å². The molecule has 4 atom stereocenters. The number of aliphatic hydroxyl groups excluding tert-OH is 1. The Bertz CT molecular complexity index is 1630. The van der Waals surface area contributed by atoms with Gasteiger partial charge in [0.25, 0.3) is 5.91 Å². The van der Waals surface area contributed by atoms with Gasteiger partial charge in [0, 0.05) is 28.5 Å². The lowest BCUT2D eigenvalue weighted by molar-refractivity contribution is -0.268. The first-order chi connectivity index (χ1) is 21.1. The summed E-state index contributed by atoms with van der Waals surface area (Å²) in [6.45, 7) is 2.10. The van der Waals surface area contributed by atoms with Crippen molar-refractivity contribution in [2.45, 2.75) is 37.2 Å². The van der Waals surface area contributed by atoms with E-state index in [4.69, 9.17) is 9.47 Å². The van der Waals surface area contributed by atoms with E-state index < -0.39 is 6.29 Å². The fraction of sp³-hybridized carbons (Fsp3) is 0.212. The molecule has 43 heavy (non-hydrogen) atoms. The molecule has 0 spiro atoms. The number of anilines is 1. The van der Waals surface area contributed by atoms with Crippen molar-refractivity contribution < 1.29 is 19.4 Å². The Labute approximate surface area is 253 Å². The number of aromatic nitrogens is 4. The number of nitrogens with zero attached hydrogens (tertiary/aromatic N) is 4. The molecule has 218 valence electrons. The molecule has 9 nitrogen and oxygen atoms in total. The van der Waals surface area contributed by atoms with Gasteiger partial charge in [-0.1, -0.05) is 91.5 Å². The maximum absolute atomic E-state index is 12.6. The molecular weight excluding hydrogens is 562 g/mol. The van der Waals surface area contributed by atoms with Gasteiger partial charge >= 0.3 is 0 Å². The zero-order valence-corrected chi connectivity index (χ0v) is 24.3. The van der Waals surface area contributed by atoms with Gasteiger partial charge < -0.3 is 19.9 Å². The van der Waals surface area contributed by atoms with E-state index in [1.807, 2.05) is 97.1 Å². The van der Waals surface area contributed by atoms with Crippen LogP contribution in [0.25, 0.3) is 5.69 Å². The van der Waals surface area contributed by atoms with E-state index in [0.29, 0.717) is 22.2 Å². The van der Waals surface area contributed by atoms with Crippen molar-refractivity contribution in [3.8, 4) is 5.69 Å². The second-order valence-corrected chi connectivity index (χ2v) is 11.3. The summed E-state index contributed by atoms with van der Waals surface area (Å²) >= 11 is 1.53. The van der Waals surface area contributed by atoms with Crippen LogP contribution in [0.1, 0.15) is 46.4 Å². The summed E-state index contributed by atoms with van der Waals surface area (Å²) in [5, 5.41) is 25.5. The predicted octanol–water partition coefficient (Wildman–Crippen LogP) is 5.99. The Morgan fingerprint density at radius 2 is 1.56 bits per heavy atom. The smallest absolute Gasteiger partial charge is 0.255 e. The largest absolute Gasteiger partial charge is 0.392 e. The van der Waals surface area contributed by atoms with Crippen LogP contribution in [-0.2, 0) is 16.1 Å². The molecule has 4 aromatic carbocycles. The van der Waals surface area contributed by atoms with E-state index in [1.54, 1.807) is 16.8 Å². The number of para-hydroxylation sites is 1. The van der Waals surface area contributed by atoms with Crippen LogP contribution in [0.3, 0.4) is 0 Å². The van der Waals surface area contributed by atoms with Gasteiger partial charge in [-0.05, 0) is 58.0 Å². The van der Waals surface area contributed by atoms with Crippen molar-refractivity contribution in [3.05, 3.63) is 131 Å². The molecule has 2 N–H and O–H groups in total. The highest BCUT2D eigenvalue weighted by Gasteiger charge is 2.38. The summed E-state index contributed by atoms with van der Waals surface area (Å²) in [7, 11) is 0. The summed E-state index contributed by atoms with van der Waals surface area (Å²) in [5.41, 5.74) is 4.84. The molecule has 0 aliphatic carbocycles. The number of rotatable bonds is 9. The normalized spacial score (nSPS) is 20.0. The predicted molar refractivity (Wildman–Crippen MR) is 164 cm³/mol. The summed E-state index contributed by atoms with van der Waals surface area (Å²) in [6.07, 6.45) is -1.07. The standard InChI is InChI=1S/C33H31N5O4S/c1-22-29(21-43-33-35-36-37-38(33)28-10-6-3-7-11-28)41-32(42-30(22)24-14-12-23(20-39)13-15-24)26-16-18-27(19-17-26)34-31(40)25-8-4-2-5-9-25/h2-19,22,29-30,32,39H,20-21H2,1H3,(H,34,40). The first kappa shape index (κ1) is 28.8. The summed E-state index contributed by atoms with van der Waals surface area (Å²) < 4.78 is 14.9. The first-order valence-corrected chi connectivity index (χ1v) is 15.0. The molecule has 1 fully saturated rings. The van der Waals surface area contributed by atoms with Crippen LogP contribution in [-0.4, -0.2) is 43.1 Å². The fourth-order valence-electron chi connectivity index (χ4n) is 4.98. The number of hydrogen-bond acceptors (Lipinski definition) is 8. The zero-order valence-electron chi connectivity index (χ0n) is 23.5. The molecule has 1 saturated heterocycles. The maximum Gasteiger partial charge on any atom is 0.255 e. The van der Waals surface area contributed by atoms with Gasteiger partial charge in [0.2, 0.25) is 5.16 Å². The Morgan fingerprint density at radius 1 is 0.884 bits per heavy atom. The van der Waals surface area contributed by atoms with E-state index in [2.05, 4.69) is 27.8 Å². The number of benzene rings is 4. The van der Waals surface area contributed by atoms with Crippen molar-refractivity contribution in [1.82, 2.24) is 20.2 Å². The Hall–Kier alpha value is -4.35. The number of hydrogen-bond donors (Lipinski definition) is 2. The van der Waals surface area contributed by atoms with Gasteiger partial charge in [0.15, 0.2) is 6.29 Å². The molecule has 1 aliphatic rings. The van der Waals surface area contributed by atoms with E-state index >= 15 is 0 Å². The summed E-state index contributed by atoms with van der Waals surface area (Å²) in [4.78, 5) is 12.6. The third-order valence-electron chi connectivity index (χ3n) is 7.42.